The Labute approximate surface area is 113 Å². The molecule has 0 spiro atoms. The standard InChI is InChI=1S/C14H22N4O/c1-2-18(10-6-7-10)9-8-17-12-5-3-4-11(13(12)15)14(16)19/h3-5,10,17H,2,6-9,15H2,1H3,(H2,16,19). The minimum atomic E-state index is -0.491. The molecule has 0 radical (unpaired) electrons. The Morgan fingerprint density at radius 2 is 2.21 bits per heavy atom. The Morgan fingerprint density at radius 1 is 1.47 bits per heavy atom. The van der Waals surface area contributed by atoms with Gasteiger partial charge in [-0.2, -0.15) is 0 Å². The van der Waals surface area contributed by atoms with Gasteiger partial charge in [-0.25, -0.2) is 0 Å². The van der Waals surface area contributed by atoms with Crippen LogP contribution in [0.1, 0.15) is 30.1 Å². The topological polar surface area (TPSA) is 84.4 Å². The third kappa shape index (κ3) is 3.38. The first-order chi connectivity index (χ1) is 9.13. The van der Waals surface area contributed by atoms with Crippen molar-refractivity contribution in [2.24, 2.45) is 5.73 Å². The third-order valence-corrected chi connectivity index (χ3v) is 3.56. The normalized spacial score (nSPS) is 14.6. The van der Waals surface area contributed by atoms with Gasteiger partial charge in [0.05, 0.1) is 16.9 Å². The van der Waals surface area contributed by atoms with Gasteiger partial charge in [0.2, 0.25) is 0 Å². The van der Waals surface area contributed by atoms with Gasteiger partial charge in [0.15, 0.2) is 0 Å². The maximum absolute atomic E-state index is 11.2. The molecule has 1 fully saturated rings. The van der Waals surface area contributed by atoms with Crippen molar-refractivity contribution in [3.8, 4) is 0 Å². The molecule has 1 aromatic carbocycles. The van der Waals surface area contributed by atoms with Gasteiger partial charge in [-0.1, -0.05) is 13.0 Å². The molecule has 0 atom stereocenters. The number of carbonyl (C=O) groups is 1. The number of nitrogens with zero attached hydrogens (tertiary/aromatic N) is 1. The number of para-hydroxylation sites is 1. The molecule has 0 bridgehead atoms. The number of nitrogens with one attached hydrogen (secondary N) is 1. The van der Waals surface area contributed by atoms with Crippen molar-refractivity contribution in [3.63, 3.8) is 0 Å². The van der Waals surface area contributed by atoms with Gasteiger partial charge in [-0.05, 0) is 31.5 Å². The van der Waals surface area contributed by atoms with E-state index in [0.29, 0.717) is 11.3 Å². The molecule has 1 aliphatic carbocycles. The summed E-state index contributed by atoms with van der Waals surface area (Å²) in [6.07, 6.45) is 2.63. The van der Waals surface area contributed by atoms with Gasteiger partial charge in [0.1, 0.15) is 0 Å². The number of amides is 1. The predicted molar refractivity (Wildman–Crippen MR) is 78.1 cm³/mol. The van der Waals surface area contributed by atoms with E-state index in [1.165, 1.54) is 12.8 Å². The molecule has 19 heavy (non-hydrogen) atoms. The number of rotatable bonds is 7. The fourth-order valence-corrected chi connectivity index (χ4v) is 2.31. The van der Waals surface area contributed by atoms with Gasteiger partial charge in [0, 0.05) is 19.1 Å². The molecule has 5 heteroatoms. The highest BCUT2D eigenvalue weighted by atomic mass is 16.1. The molecule has 0 aromatic heterocycles. The first-order valence-corrected chi connectivity index (χ1v) is 6.79. The average molecular weight is 262 g/mol. The Bertz CT molecular complexity index is 457. The lowest BCUT2D eigenvalue weighted by Crippen LogP contribution is -2.31. The smallest absolute Gasteiger partial charge is 0.250 e. The summed E-state index contributed by atoms with van der Waals surface area (Å²) in [5, 5.41) is 3.28. The summed E-state index contributed by atoms with van der Waals surface area (Å²) in [5.74, 6) is -0.491. The highest BCUT2D eigenvalue weighted by Crippen LogP contribution is 2.26. The summed E-state index contributed by atoms with van der Waals surface area (Å²) in [6, 6.07) is 6.07. The van der Waals surface area contributed by atoms with Crippen molar-refractivity contribution in [1.82, 2.24) is 4.90 Å². The van der Waals surface area contributed by atoms with Crippen LogP contribution in [0.2, 0.25) is 0 Å². The summed E-state index contributed by atoms with van der Waals surface area (Å²) in [7, 11) is 0. The molecule has 1 aromatic rings. The highest BCUT2D eigenvalue weighted by Gasteiger charge is 2.27. The van der Waals surface area contributed by atoms with Gasteiger partial charge in [-0.15, -0.1) is 0 Å². The second-order valence-corrected chi connectivity index (χ2v) is 4.92. The molecule has 5 nitrogen and oxygen atoms in total. The zero-order chi connectivity index (χ0) is 13.8. The second-order valence-electron chi connectivity index (χ2n) is 4.92. The number of carbonyl (C=O) groups excluding carboxylic acids is 1. The zero-order valence-corrected chi connectivity index (χ0v) is 11.4. The minimum Gasteiger partial charge on any atom is -0.396 e. The number of anilines is 2. The van der Waals surface area contributed by atoms with Crippen molar-refractivity contribution in [3.05, 3.63) is 23.8 Å². The Hall–Kier alpha value is -1.75. The molecule has 1 amide bonds. The molecule has 104 valence electrons. The predicted octanol–water partition coefficient (Wildman–Crippen LogP) is 1.26. The molecule has 0 aliphatic heterocycles. The van der Waals surface area contributed by atoms with E-state index in [2.05, 4.69) is 17.1 Å². The van der Waals surface area contributed by atoms with E-state index in [9.17, 15) is 4.79 Å². The molecule has 1 aliphatic rings. The first-order valence-electron chi connectivity index (χ1n) is 6.79. The lowest BCUT2D eigenvalue weighted by atomic mass is 10.1. The number of likely N-dealkylation sites (N-methyl/N-ethyl adjacent to an activating group) is 1. The SMILES string of the molecule is CCN(CCNc1cccc(C(N)=O)c1N)C1CC1. The van der Waals surface area contributed by atoms with Crippen LogP contribution in [-0.4, -0.2) is 36.5 Å². The van der Waals surface area contributed by atoms with Crippen LogP contribution in [0.4, 0.5) is 11.4 Å². The molecular formula is C14H22N4O. The molecule has 0 unspecified atom stereocenters. The second kappa shape index (κ2) is 5.93. The van der Waals surface area contributed by atoms with Gasteiger partial charge < -0.3 is 16.8 Å². The van der Waals surface area contributed by atoms with E-state index in [4.69, 9.17) is 11.5 Å². The van der Waals surface area contributed by atoms with Crippen molar-refractivity contribution < 1.29 is 4.79 Å². The van der Waals surface area contributed by atoms with E-state index >= 15 is 0 Å². The third-order valence-electron chi connectivity index (χ3n) is 3.56. The highest BCUT2D eigenvalue weighted by molar-refractivity contribution is 6.00. The van der Waals surface area contributed by atoms with Crippen molar-refractivity contribution in [2.45, 2.75) is 25.8 Å². The molecule has 5 N–H and O–H groups in total. The van der Waals surface area contributed by atoms with Crippen molar-refractivity contribution >= 4 is 17.3 Å². The first kappa shape index (κ1) is 13.7. The summed E-state index contributed by atoms with van der Waals surface area (Å²) in [5.41, 5.74) is 12.8. The van der Waals surface area contributed by atoms with Crippen LogP contribution < -0.4 is 16.8 Å². The number of nitrogens with two attached hydrogens (primary N) is 2. The fourth-order valence-electron chi connectivity index (χ4n) is 2.31. The number of nitrogen functional groups attached to an aromatic ring is 1. The monoisotopic (exact) mass is 262 g/mol. The summed E-state index contributed by atoms with van der Waals surface area (Å²) in [6.45, 7) is 5.06. The van der Waals surface area contributed by atoms with Crippen molar-refractivity contribution in [2.75, 3.05) is 30.7 Å². The van der Waals surface area contributed by atoms with Crippen LogP contribution in [0.5, 0.6) is 0 Å². The zero-order valence-electron chi connectivity index (χ0n) is 11.4. The van der Waals surface area contributed by atoms with E-state index < -0.39 is 5.91 Å². The molecule has 0 saturated heterocycles. The van der Waals surface area contributed by atoms with Gasteiger partial charge in [0.25, 0.3) is 5.91 Å². The van der Waals surface area contributed by atoms with E-state index in [1.807, 2.05) is 6.07 Å². The molecule has 1 saturated carbocycles. The van der Waals surface area contributed by atoms with E-state index in [0.717, 1.165) is 31.4 Å². The van der Waals surface area contributed by atoms with Crippen LogP contribution in [0.3, 0.4) is 0 Å². The molecule has 2 rings (SSSR count). The summed E-state index contributed by atoms with van der Waals surface area (Å²) < 4.78 is 0. The number of benzene rings is 1. The minimum absolute atomic E-state index is 0.375. The van der Waals surface area contributed by atoms with Crippen LogP contribution in [0.15, 0.2) is 18.2 Å². The van der Waals surface area contributed by atoms with Crippen LogP contribution in [0, 0.1) is 0 Å². The summed E-state index contributed by atoms with van der Waals surface area (Å²) in [4.78, 5) is 13.7. The molecule has 0 heterocycles. The Balaban J connectivity index is 1.92. The maximum atomic E-state index is 11.2. The van der Waals surface area contributed by atoms with Crippen LogP contribution >= 0.6 is 0 Å². The quantitative estimate of drug-likeness (QED) is 0.646. The fraction of sp³-hybridized carbons (Fsp3) is 0.500. The summed E-state index contributed by atoms with van der Waals surface area (Å²) >= 11 is 0. The number of hydrogen-bond acceptors (Lipinski definition) is 4. The number of hydrogen-bond donors (Lipinski definition) is 3. The van der Waals surface area contributed by atoms with Crippen LogP contribution in [0.25, 0.3) is 0 Å². The van der Waals surface area contributed by atoms with Gasteiger partial charge >= 0.3 is 0 Å². The largest absolute Gasteiger partial charge is 0.396 e. The number of primary amides is 1. The van der Waals surface area contributed by atoms with E-state index in [1.54, 1.807) is 12.1 Å². The Kier molecular flexibility index (Phi) is 4.27. The molecular weight excluding hydrogens is 240 g/mol. The lowest BCUT2D eigenvalue weighted by Gasteiger charge is -2.20. The van der Waals surface area contributed by atoms with Gasteiger partial charge in [-0.3, -0.25) is 9.69 Å². The maximum Gasteiger partial charge on any atom is 0.250 e. The Morgan fingerprint density at radius 3 is 2.79 bits per heavy atom. The van der Waals surface area contributed by atoms with E-state index in [-0.39, 0.29) is 0 Å². The van der Waals surface area contributed by atoms with Crippen molar-refractivity contribution in [1.29, 1.82) is 0 Å². The van der Waals surface area contributed by atoms with Crippen LogP contribution in [-0.2, 0) is 0 Å². The lowest BCUT2D eigenvalue weighted by molar-refractivity contribution is 0.100. The average Bonchev–Trinajstić information content (AvgIpc) is 3.20.